The first-order valence-electron chi connectivity index (χ1n) is 5.23. The van der Waals surface area contributed by atoms with E-state index in [1.54, 1.807) is 0 Å². The van der Waals surface area contributed by atoms with Gasteiger partial charge in [0.15, 0.2) is 0 Å². The molecule has 0 heterocycles. The molecule has 0 amide bonds. The number of hydrogen-bond donors (Lipinski definition) is 1. The molecule has 0 rings (SSSR count). The summed E-state index contributed by atoms with van der Waals surface area (Å²) in [6.45, 7) is 0. The number of carbonyl (C=O) groups is 1. The van der Waals surface area contributed by atoms with Crippen LogP contribution in [0.3, 0.4) is 0 Å². The fourth-order valence-electron chi connectivity index (χ4n) is 1.17. The molecule has 0 radical (unpaired) electrons. The highest BCUT2D eigenvalue weighted by Gasteiger charge is 2.94. The van der Waals surface area contributed by atoms with Crippen molar-refractivity contribution in [2.75, 3.05) is 0 Å². The molecule has 0 saturated carbocycles. The molecule has 0 aliphatic heterocycles. The maximum absolute atomic E-state index is 13.0. The zero-order chi connectivity index (χ0) is 21.8. The van der Waals surface area contributed by atoms with Gasteiger partial charge in [-0.2, -0.15) is 71.8 Å². The fraction of sp³-hybridized carbons (Fsp3) is 0.875. The molecule has 26 heavy (non-hydrogen) atoms. The van der Waals surface area contributed by atoms with Gasteiger partial charge in [0.25, 0.3) is 0 Å². The van der Waals surface area contributed by atoms with E-state index in [0.717, 1.165) is 0 Å². The van der Waals surface area contributed by atoms with E-state index in [1.807, 2.05) is 0 Å². The van der Waals surface area contributed by atoms with Crippen LogP contribution in [0.4, 0.5) is 65.9 Å². The SMILES string of the molecule is NOC(=O)C(F)(F)C(F)(F)C(F)(F)C(F)(F)C(F)(F)C(F)(F)C(F)(F)F. The van der Waals surface area contributed by atoms with Crippen molar-refractivity contribution in [3.63, 3.8) is 0 Å². The summed E-state index contributed by atoms with van der Waals surface area (Å²) in [6.07, 6.45) is -7.69. The molecular weight excluding hydrogens is 427 g/mol. The van der Waals surface area contributed by atoms with E-state index >= 15 is 0 Å². The Labute approximate surface area is 130 Å². The predicted octanol–water partition coefficient (Wildman–Crippen LogP) is 3.78. The lowest BCUT2D eigenvalue weighted by atomic mass is 9.91. The molecule has 0 aliphatic rings. The second kappa shape index (κ2) is 5.95. The van der Waals surface area contributed by atoms with Crippen LogP contribution in [-0.2, 0) is 9.63 Å². The van der Waals surface area contributed by atoms with Crippen molar-refractivity contribution >= 4 is 5.97 Å². The van der Waals surface area contributed by atoms with Crippen molar-refractivity contribution in [3.8, 4) is 0 Å². The van der Waals surface area contributed by atoms with Crippen LogP contribution in [-0.4, -0.2) is 47.7 Å². The lowest BCUT2D eigenvalue weighted by Crippen LogP contribution is -2.73. The van der Waals surface area contributed by atoms with Crippen LogP contribution >= 0.6 is 0 Å². The van der Waals surface area contributed by atoms with Gasteiger partial charge in [0.1, 0.15) is 0 Å². The van der Waals surface area contributed by atoms with E-state index in [1.165, 1.54) is 0 Å². The number of halogens is 15. The average molecular weight is 429 g/mol. The highest BCUT2D eigenvalue weighted by molar-refractivity contribution is 5.79. The van der Waals surface area contributed by atoms with Gasteiger partial charge in [-0.1, -0.05) is 0 Å². The third-order valence-corrected chi connectivity index (χ3v) is 2.69. The largest absolute Gasteiger partial charge is 0.460 e. The van der Waals surface area contributed by atoms with Gasteiger partial charge >= 0.3 is 47.7 Å². The number of carbonyl (C=O) groups excluding carboxylic acids is 1. The van der Waals surface area contributed by atoms with Crippen molar-refractivity contribution in [1.29, 1.82) is 0 Å². The molecule has 156 valence electrons. The van der Waals surface area contributed by atoms with Crippen molar-refractivity contribution in [1.82, 2.24) is 0 Å². The summed E-state index contributed by atoms with van der Waals surface area (Å²) in [5.41, 5.74) is 0. The Bertz CT molecular complexity index is 550. The monoisotopic (exact) mass is 429 g/mol. The molecular formula is C8H2F15NO2. The highest BCUT2D eigenvalue weighted by Crippen LogP contribution is 2.62. The second-order valence-electron chi connectivity index (χ2n) is 4.35. The van der Waals surface area contributed by atoms with Crippen molar-refractivity contribution in [2.45, 2.75) is 41.7 Å². The van der Waals surface area contributed by atoms with Crippen LogP contribution < -0.4 is 5.90 Å². The van der Waals surface area contributed by atoms with Crippen LogP contribution in [0.25, 0.3) is 0 Å². The molecule has 0 aromatic heterocycles. The molecule has 0 aromatic rings. The minimum Gasteiger partial charge on any atom is -0.369 e. The van der Waals surface area contributed by atoms with Crippen LogP contribution in [0.1, 0.15) is 0 Å². The first kappa shape index (κ1) is 24.4. The standard InChI is InChI=1S/C8H2F15NO2/c9-2(10,1(25)26-24)3(11,12)4(13,14)5(15,16)6(17,18)7(19,20)8(21,22)23/h24H2. The molecule has 0 fully saturated rings. The smallest absolute Gasteiger partial charge is 0.369 e. The summed E-state index contributed by atoms with van der Waals surface area (Å²) in [5, 5.41) is 0. The maximum Gasteiger partial charge on any atom is 0.460 e. The van der Waals surface area contributed by atoms with E-state index in [2.05, 4.69) is 10.7 Å². The summed E-state index contributed by atoms with van der Waals surface area (Å²) in [6, 6.07) is 0. The predicted molar refractivity (Wildman–Crippen MR) is 46.0 cm³/mol. The van der Waals surface area contributed by atoms with Gasteiger partial charge in [0.2, 0.25) is 0 Å². The molecule has 0 unspecified atom stereocenters. The lowest BCUT2D eigenvalue weighted by molar-refractivity contribution is -0.450. The van der Waals surface area contributed by atoms with Crippen LogP contribution in [0.2, 0.25) is 0 Å². The van der Waals surface area contributed by atoms with E-state index in [-0.39, 0.29) is 0 Å². The Morgan fingerprint density at radius 1 is 0.538 bits per heavy atom. The molecule has 0 saturated heterocycles. The number of rotatable bonds is 6. The Morgan fingerprint density at radius 3 is 1.08 bits per heavy atom. The van der Waals surface area contributed by atoms with Gasteiger partial charge in [0, 0.05) is 0 Å². The number of alkyl halides is 15. The Balaban J connectivity index is 6.56. The van der Waals surface area contributed by atoms with Crippen LogP contribution in [0.15, 0.2) is 0 Å². The molecule has 18 heteroatoms. The number of hydrogen-bond acceptors (Lipinski definition) is 3. The Hall–Kier alpha value is -1.62. The van der Waals surface area contributed by atoms with Gasteiger partial charge in [-0.3, -0.25) is 0 Å². The molecule has 0 aliphatic carbocycles. The third-order valence-electron chi connectivity index (χ3n) is 2.69. The third kappa shape index (κ3) is 2.81. The quantitative estimate of drug-likeness (QED) is 0.517. The summed E-state index contributed by atoms with van der Waals surface area (Å²) in [7, 11) is 0. The molecule has 3 nitrogen and oxygen atoms in total. The first-order valence-corrected chi connectivity index (χ1v) is 5.23. The van der Waals surface area contributed by atoms with Crippen molar-refractivity contribution in [3.05, 3.63) is 0 Å². The van der Waals surface area contributed by atoms with E-state index in [9.17, 15) is 70.7 Å². The van der Waals surface area contributed by atoms with Crippen molar-refractivity contribution < 1.29 is 75.5 Å². The molecule has 0 atom stereocenters. The second-order valence-corrected chi connectivity index (χ2v) is 4.35. The topological polar surface area (TPSA) is 52.3 Å². The Morgan fingerprint density at radius 2 is 0.808 bits per heavy atom. The van der Waals surface area contributed by atoms with Gasteiger partial charge in [-0.25, -0.2) is 4.79 Å². The zero-order valence-electron chi connectivity index (χ0n) is 11.1. The van der Waals surface area contributed by atoms with Gasteiger partial charge in [0.05, 0.1) is 0 Å². The van der Waals surface area contributed by atoms with Crippen LogP contribution in [0, 0.1) is 0 Å². The fourth-order valence-corrected chi connectivity index (χ4v) is 1.17. The minimum atomic E-state index is -8.46. The summed E-state index contributed by atoms with van der Waals surface area (Å²) in [4.78, 5) is 12.5. The van der Waals surface area contributed by atoms with Gasteiger partial charge in [-0.15, -0.1) is 0 Å². The summed E-state index contributed by atoms with van der Waals surface area (Å²) < 4.78 is 189. The van der Waals surface area contributed by atoms with E-state index in [4.69, 9.17) is 0 Å². The van der Waals surface area contributed by atoms with Gasteiger partial charge in [-0.05, 0) is 0 Å². The minimum absolute atomic E-state index is 2.35. The lowest BCUT2D eigenvalue weighted by Gasteiger charge is -2.40. The zero-order valence-corrected chi connectivity index (χ0v) is 11.1. The normalized spacial score (nSPS) is 15.8. The summed E-state index contributed by atoms with van der Waals surface area (Å²) >= 11 is 0. The Kier molecular flexibility index (Phi) is 5.58. The highest BCUT2D eigenvalue weighted by atomic mass is 19.4. The molecule has 0 bridgehead atoms. The van der Waals surface area contributed by atoms with Crippen LogP contribution in [0.5, 0.6) is 0 Å². The van der Waals surface area contributed by atoms with E-state index in [0.29, 0.717) is 0 Å². The maximum atomic E-state index is 13.0. The number of nitrogens with two attached hydrogens (primary N) is 1. The van der Waals surface area contributed by atoms with Crippen molar-refractivity contribution in [2.24, 2.45) is 5.90 Å². The molecule has 0 spiro atoms. The molecule has 2 N–H and O–H groups in total. The average Bonchev–Trinajstić information content (AvgIpc) is 2.43. The van der Waals surface area contributed by atoms with E-state index < -0.39 is 47.7 Å². The summed E-state index contributed by atoms with van der Waals surface area (Å²) in [5.74, 6) is -48.6. The molecule has 0 aromatic carbocycles. The first-order chi connectivity index (χ1) is 11.0. The van der Waals surface area contributed by atoms with Gasteiger partial charge < -0.3 is 4.84 Å².